The van der Waals surface area contributed by atoms with Crippen molar-refractivity contribution in [3.05, 3.63) is 16.8 Å². The molecular weight excluding hydrogens is 252 g/mol. The van der Waals surface area contributed by atoms with Gasteiger partial charge in [0.25, 0.3) is 0 Å². The maximum Gasteiger partial charge on any atom is 0.169 e. The Hall–Kier alpha value is -1.96. The summed E-state index contributed by atoms with van der Waals surface area (Å²) in [6.45, 7) is 7.22. The van der Waals surface area contributed by atoms with Gasteiger partial charge in [-0.2, -0.15) is 10.4 Å². The van der Waals surface area contributed by atoms with E-state index in [9.17, 15) is 10.1 Å². The Morgan fingerprint density at radius 1 is 1.35 bits per heavy atom. The molecule has 2 rings (SSSR count). The molecule has 1 aromatic heterocycles. The molecule has 0 aromatic carbocycles. The third kappa shape index (κ3) is 2.51. The molecular formula is C15H20N4O. The second-order valence-corrected chi connectivity index (χ2v) is 5.21. The minimum Gasteiger partial charge on any atom is -0.353 e. The molecule has 0 amide bonds. The smallest absolute Gasteiger partial charge is 0.169 e. The first kappa shape index (κ1) is 14.4. The molecule has 2 heterocycles. The molecule has 1 fully saturated rings. The van der Waals surface area contributed by atoms with Crippen LogP contribution in [0.1, 0.15) is 44.0 Å². The van der Waals surface area contributed by atoms with Crippen LogP contribution in [0, 0.1) is 17.2 Å². The fraction of sp³-hybridized carbons (Fsp3) is 0.600. The number of nitrogens with zero attached hydrogens (tertiary/aromatic N) is 4. The Labute approximate surface area is 119 Å². The van der Waals surface area contributed by atoms with Crippen LogP contribution in [0.5, 0.6) is 0 Å². The van der Waals surface area contributed by atoms with Crippen molar-refractivity contribution in [1.82, 2.24) is 10.2 Å². The molecule has 5 heteroatoms. The quantitative estimate of drug-likeness (QED) is 0.840. The van der Waals surface area contributed by atoms with Gasteiger partial charge < -0.3 is 4.90 Å². The van der Waals surface area contributed by atoms with Crippen LogP contribution in [0.2, 0.25) is 0 Å². The van der Waals surface area contributed by atoms with Crippen molar-refractivity contribution in [3.63, 3.8) is 0 Å². The summed E-state index contributed by atoms with van der Waals surface area (Å²) in [5, 5.41) is 18.0. The minimum atomic E-state index is -0.00646. The standard InChI is InChI=1S/C15H20N4O/c1-4-11-12(8-16)15(18-17-13(11)5-2)19-7-6-14(20)10(3)9-19/h10H,4-7,9H2,1-3H3. The van der Waals surface area contributed by atoms with Crippen LogP contribution in [0.25, 0.3) is 0 Å². The summed E-state index contributed by atoms with van der Waals surface area (Å²) in [7, 11) is 0. The molecule has 1 atom stereocenters. The van der Waals surface area contributed by atoms with Crippen LogP contribution in [0.4, 0.5) is 5.82 Å². The Balaban J connectivity index is 2.42. The fourth-order valence-corrected chi connectivity index (χ4v) is 2.71. The van der Waals surface area contributed by atoms with Crippen LogP contribution in [0.15, 0.2) is 0 Å². The Morgan fingerprint density at radius 3 is 2.65 bits per heavy atom. The van der Waals surface area contributed by atoms with E-state index in [1.54, 1.807) is 0 Å². The number of piperidine rings is 1. The number of nitriles is 1. The molecule has 1 aromatic rings. The lowest BCUT2D eigenvalue weighted by Gasteiger charge is -2.31. The molecule has 0 spiro atoms. The highest BCUT2D eigenvalue weighted by atomic mass is 16.1. The lowest BCUT2D eigenvalue weighted by molar-refractivity contribution is -0.122. The fourth-order valence-electron chi connectivity index (χ4n) is 2.71. The second-order valence-electron chi connectivity index (χ2n) is 5.21. The van der Waals surface area contributed by atoms with Crippen LogP contribution >= 0.6 is 0 Å². The highest BCUT2D eigenvalue weighted by Crippen LogP contribution is 2.26. The van der Waals surface area contributed by atoms with Crippen LogP contribution < -0.4 is 4.90 Å². The average Bonchev–Trinajstić information content (AvgIpc) is 2.48. The largest absolute Gasteiger partial charge is 0.353 e. The van der Waals surface area contributed by atoms with Gasteiger partial charge in [-0.15, -0.1) is 5.10 Å². The van der Waals surface area contributed by atoms with E-state index in [0.29, 0.717) is 30.9 Å². The van der Waals surface area contributed by atoms with Crippen LogP contribution in [0.3, 0.4) is 0 Å². The third-order valence-corrected chi connectivity index (χ3v) is 3.91. The number of carbonyl (C=O) groups is 1. The number of rotatable bonds is 3. The predicted octanol–water partition coefficient (Wildman–Crippen LogP) is 1.89. The summed E-state index contributed by atoms with van der Waals surface area (Å²) in [6, 6.07) is 2.28. The predicted molar refractivity (Wildman–Crippen MR) is 76.5 cm³/mol. The van der Waals surface area contributed by atoms with Gasteiger partial charge in [-0.3, -0.25) is 4.79 Å². The van der Waals surface area contributed by atoms with E-state index in [1.165, 1.54) is 0 Å². The van der Waals surface area contributed by atoms with E-state index in [4.69, 9.17) is 0 Å². The van der Waals surface area contributed by atoms with Crippen molar-refractivity contribution in [1.29, 1.82) is 5.26 Å². The zero-order valence-electron chi connectivity index (χ0n) is 12.3. The van der Waals surface area contributed by atoms with Crippen LogP contribution in [-0.2, 0) is 17.6 Å². The molecule has 1 unspecified atom stereocenters. The number of hydrogen-bond acceptors (Lipinski definition) is 5. The molecule has 20 heavy (non-hydrogen) atoms. The van der Waals surface area contributed by atoms with Crippen molar-refractivity contribution in [2.75, 3.05) is 18.0 Å². The van der Waals surface area contributed by atoms with E-state index in [2.05, 4.69) is 16.3 Å². The van der Waals surface area contributed by atoms with E-state index < -0.39 is 0 Å². The molecule has 0 aliphatic carbocycles. The van der Waals surface area contributed by atoms with Crippen molar-refractivity contribution in [2.45, 2.75) is 40.0 Å². The van der Waals surface area contributed by atoms with Gasteiger partial charge in [0.1, 0.15) is 17.4 Å². The van der Waals surface area contributed by atoms with E-state index in [0.717, 1.165) is 24.1 Å². The molecule has 0 radical (unpaired) electrons. The van der Waals surface area contributed by atoms with E-state index in [-0.39, 0.29) is 11.7 Å². The van der Waals surface area contributed by atoms with Gasteiger partial charge in [-0.25, -0.2) is 0 Å². The number of anilines is 1. The molecule has 0 bridgehead atoms. The average molecular weight is 272 g/mol. The van der Waals surface area contributed by atoms with Gasteiger partial charge in [0, 0.05) is 25.4 Å². The summed E-state index contributed by atoms with van der Waals surface area (Å²) in [5.74, 6) is 0.919. The van der Waals surface area contributed by atoms with Gasteiger partial charge in [-0.1, -0.05) is 20.8 Å². The van der Waals surface area contributed by atoms with E-state index >= 15 is 0 Å². The van der Waals surface area contributed by atoms with Crippen molar-refractivity contribution < 1.29 is 4.79 Å². The maximum atomic E-state index is 11.6. The van der Waals surface area contributed by atoms with Gasteiger partial charge in [0.15, 0.2) is 5.82 Å². The normalized spacial score (nSPS) is 19.0. The van der Waals surface area contributed by atoms with Gasteiger partial charge >= 0.3 is 0 Å². The third-order valence-electron chi connectivity index (χ3n) is 3.91. The van der Waals surface area contributed by atoms with Gasteiger partial charge in [0.2, 0.25) is 0 Å². The first-order valence-corrected chi connectivity index (χ1v) is 7.18. The number of ketones is 1. The topological polar surface area (TPSA) is 69.9 Å². The number of Topliss-reactive ketones (excluding diaryl/α,β-unsaturated/α-hetero) is 1. The Kier molecular flexibility index (Phi) is 4.33. The number of aryl methyl sites for hydroxylation is 1. The lowest BCUT2D eigenvalue weighted by atomic mass is 9.97. The number of carbonyl (C=O) groups excluding carboxylic acids is 1. The molecule has 106 valence electrons. The monoisotopic (exact) mass is 272 g/mol. The summed E-state index contributed by atoms with van der Waals surface area (Å²) in [5.41, 5.74) is 2.51. The number of aromatic nitrogens is 2. The molecule has 1 aliphatic rings. The molecule has 5 nitrogen and oxygen atoms in total. The van der Waals surface area contributed by atoms with Crippen molar-refractivity contribution in [3.8, 4) is 6.07 Å². The first-order chi connectivity index (χ1) is 9.62. The molecule has 1 saturated heterocycles. The summed E-state index contributed by atoms with van der Waals surface area (Å²) in [4.78, 5) is 13.6. The summed E-state index contributed by atoms with van der Waals surface area (Å²) < 4.78 is 0. The molecule has 0 N–H and O–H groups in total. The lowest BCUT2D eigenvalue weighted by Crippen LogP contribution is -2.40. The Morgan fingerprint density at radius 2 is 2.10 bits per heavy atom. The molecule has 0 saturated carbocycles. The number of hydrogen-bond donors (Lipinski definition) is 0. The maximum absolute atomic E-state index is 11.6. The minimum absolute atomic E-state index is 0.00646. The van der Waals surface area contributed by atoms with Crippen molar-refractivity contribution >= 4 is 11.6 Å². The second kappa shape index (κ2) is 6.00. The summed E-state index contributed by atoms with van der Waals surface area (Å²) >= 11 is 0. The zero-order valence-corrected chi connectivity index (χ0v) is 12.3. The van der Waals surface area contributed by atoms with Gasteiger partial charge in [0.05, 0.1) is 5.69 Å². The zero-order chi connectivity index (χ0) is 14.7. The van der Waals surface area contributed by atoms with Crippen LogP contribution in [-0.4, -0.2) is 29.1 Å². The first-order valence-electron chi connectivity index (χ1n) is 7.18. The highest BCUT2D eigenvalue weighted by molar-refractivity contribution is 5.83. The van der Waals surface area contributed by atoms with Gasteiger partial charge in [-0.05, 0) is 18.4 Å². The SMILES string of the molecule is CCc1nnc(N2CCC(=O)C(C)C2)c(C#N)c1CC. The van der Waals surface area contributed by atoms with E-state index in [1.807, 2.05) is 25.7 Å². The highest BCUT2D eigenvalue weighted by Gasteiger charge is 2.27. The Bertz CT molecular complexity index is 562. The van der Waals surface area contributed by atoms with Crippen molar-refractivity contribution in [2.24, 2.45) is 5.92 Å². The molecule has 1 aliphatic heterocycles. The summed E-state index contributed by atoms with van der Waals surface area (Å²) in [6.07, 6.45) is 2.07.